The van der Waals surface area contributed by atoms with Gasteiger partial charge in [-0.2, -0.15) is 5.10 Å². The smallest absolute Gasteiger partial charge is 0.185 e. The molecule has 0 saturated heterocycles. The molecule has 130 valence electrons. The van der Waals surface area contributed by atoms with E-state index in [0.717, 1.165) is 35.3 Å². The summed E-state index contributed by atoms with van der Waals surface area (Å²) >= 11 is 0. The van der Waals surface area contributed by atoms with Crippen LogP contribution < -0.4 is 0 Å². The maximum absolute atomic E-state index is 9.74. The van der Waals surface area contributed by atoms with Gasteiger partial charge in [-0.3, -0.25) is 4.98 Å². The van der Waals surface area contributed by atoms with E-state index in [1.165, 1.54) is 0 Å². The largest absolute Gasteiger partial charge is 0.391 e. The van der Waals surface area contributed by atoms with Gasteiger partial charge >= 0.3 is 0 Å². The Morgan fingerprint density at radius 1 is 1.23 bits per heavy atom. The second-order valence-electron chi connectivity index (χ2n) is 6.56. The van der Waals surface area contributed by atoms with E-state index < -0.39 is 0 Å². The van der Waals surface area contributed by atoms with E-state index in [-0.39, 0.29) is 6.61 Å². The summed E-state index contributed by atoms with van der Waals surface area (Å²) in [4.78, 5) is 9.27. The van der Waals surface area contributed by atoms with Crippen molar-refractivity contribution in [2.75, 3.05) is 0 Å². The number of hydrogen-bond acceptors (Lipinski definition) is 6. The first kappa shape index (κ1) is 15.2. The first-order valence-electron chi connectivity index (χ1n) is 8.63. The molecule has 1 aliphatic rings. The van der Waals surface area contributed by atoms with Crippen molar-refractivity contribution >= 4 is 10.9 Å². The van der Waals surface area contributed by atoms with Gasteiger partial charge in [-0.05, 0) is 31.9 Å². The fraction of sp³-hybridized carbons (Fsp3) is 0.263. The van der Waals surface area contributed by atoms with Crippen LogP contribution >= 0.6 is 0 Å². The molecule has 1 saturated carbocycles. The van der Waals surface area contributed by atoms with Crippen molar-refractivity contribution in [2.45, 2.75) is 32.3 Å². The normalized spacial score (nSPS) is 14.2. The Hall–Kier alpha value is -3.06. The number of pyridine rings is 1. The molecule has 3 heterocycles. The first-order valence-corrected chi connectivity index (χ1v) is 8.63. The number of rotatable bonds is 4. The second-order valence-corrected chi connectivity index (χ2v) is 6.56. The molecule has 4 aromatic rings. The van der Waals surface area contributed by atoms with E-state index in [2.05, 4.69) is 10.1 Å². The average molecular weight is 347 g/mol. The van der Waals surface area contributed by atoms with E-state index in [9.17, 15) is 5.11 Å². The lowest BCUT2D eigenvalue weighted by Gasteiger charge is -2.08. The van der Waals surface area contributed by atoms with Gasteiger partial charge in [-0.15, -0.1) is 0 Å². The quantitative estimate of drug-likeness (QED) is 0.610. The third-order valence-electron chi connectivity index (χ3n) is 4.76. The molecule has 1 fully saturated rings. The highest BCUT2D eigenvalue weighted by Gasteiger charge is 2.31. The zero-order chi connectivity index (χ0) is 17.7. The number of aryl methyl sites for hydroxylation is 1. The van der Waals surface area contributed by atoms with E-state index in [1.807, 2.05) is 30.3 Å². The molecule has 0 amide bonds. The molecule has 0 radical (unpaired) electrons. The van der Waals surface area contributed by atoms with E-state index in [1.54, 1.807) is 17.8 Å². The number of hydrogen-bond donors (Lipinski definition) is 1. The second kappa shape index (κ2) is 5.74. The summed E-state index contributed by atoms with van der Waals surface area (Å²) in [6.45, 7) is 1.62. The van der Waals surface area contributed by atoms with Gasteiger partial charge in [-0.25, -0.2) is 9.67 Å². The first-order chi connectivity index (χ1) is 12.8. The zero-order valence-corrected chi connectivity index (χ0v) is 14.3. The summed E-state index contributed by atoms with van der Waals surface area (Å²) < 4.78 is 7.08. The van der Waals surface area contributed by atoms with Crippen molar-refractivity contribution in [3.8, 4) is 17.2 Å². The Bertz CT molecular complexity index is 1110. The third kappa shape index (κ3) is 2.32. The number of benzene rings is 1. The molecule has 3 aromatic heterocycles. The molecule has 0 spiro atoms. The van der Waals surface area contributed by atoms with Crippen LogP contribution in [0.2, 0.25) is 0 Å². The molecule has 1 N–H and O–H groups in total. The fourth-order valence-electron chi connectivity index (χ4n) is 3.18. The van der Waals surface area contributed by atoms with Crippen LogP contribution in [0.3, 0.4) is 0 Å². The van der Waals surface area contributed by atoms with Gasteiger partial charge in [-0.1, -0.05) is 23.4 Å². The minimum atomic E-state index is -0.163. The predicted octanol–water partition coefficient (Wildman–Crippen LogP) is 3.15. The van der Waals surface area contributed by atoms with Crippen LogP contribution in [0, 0.1) is 6.92 Å². The molecule has 1 aromatic carbocycles. The van der Waals surface area contributed by atoms with Crippen molar-refractivity contribution in [1.29, 1.82) is 0 Å². The zero-order valence-electron chi connectivity index (χ0n) is 14.3. The highest BCUT2D eigenvalue weighted by Crippen LogP contribution is 2.40. The van der Waals surface area contributed by atoms with E-state index in [0.29, 0.717) is 28.8 Å². The lowest BCUT2D eigenvalue weighted by Crippen LogP contribution is -2.03. The van der Waals surface area contributed by atoms with Crippen LogP contribution in [-0.2, 0) is 6.61 Å². The highest BCUT2D eigenvalue weighted by atomic mass is 16.5. The number of aliphatic hydroxyl groups excluding tert-OH is 1. The summed E-state index contributed by atoms with van der Waals surface area (Å²) in [5, 5.41) is 19.7. The molecular weight excluding hydrogens is 330 g/mol. The predicted molar refractivity (Wildman–Crippen MR) is 94.8 cm³/mol. The fourth-order valence-corrected chi connectivity index (χ4v) is 3.18. The van der Waals surface area contributed by atoms with Crippen molar-refractivity contribution in [3.63, 3.8) is 0 Å². The molecule has 5 rings (SSSR count). The van der Waals surface area contributed by atoms with Gasteiger partial charge in [0.25, 0.3) is 0 Å². The molecule has 0 bridgehead atoms. The van der Waals surface area contributed by atoms with Gasteiger partial charge in [0.1, 0.15) is 5.76 Å². The summed E-state index contributed by atoms with van der Waals surface area (Å²) in [7, 11) is 0. The summed E-state index contributed by atoms with van der Waals surface area (Å²) in [6, 6.07) is 9.89. The molecule has 1 aliphatic carbocycles. The van der Waals surface area contributed by atoms with E-state index >= 15 is 0 Å². The summed E-state index contributed by atoms with van der Waals surface area (Å²) in [5.74, 6) is 2.35. The van der Waals surface area contributed by atoms with Gasteiger partial charge < -0.3 is 9.63 Å². The standard InChI is InChI=1S/C19H17N5O2/c1-11-14(10-25)17(23-26-11)19-21-18(13-7-8-13)22-24(19)15-6-2-4-12-5-3-9-20-16(12)15/h2-6,9,13,25H,7-8,10H2,1H3. The number of aromatic nitrogens is 5. The molecular formula is C19H17N5O2. The highest BCUT2D eigenvalue weighted by molar-refractivity contribution is 5.86. The Kier molecular flexibility index (Phi) is 3.36. The Morgan fingerprint density at radius 2 is 2.08 bits per heavy atom. The van der Waals surface area contributed by atoms with Crippen LogP contribution in [0.25, 0.3) is 28.1 Å². The molecule has 7 nitrogen and oxygen atoms in total. The Labute approximate surface area is 149 Å². The van der Waals surface area contributed by atoms with Crippen LogP contribution in [0.15, 0.2) is 41.1 Å². The number of fused-ring (bicyclic) bond motifs is 1. The topological polar surface area (TPSA) is 89.9 Å². The molecule has 0 atom stereocenters. The van der Waals surface area contributed by atoms with Crippen LogP contribution in [-0.4, -0.2) is 30.0 Å². The van der Waals surface area contributed by atoms with Crippen molar-refractivity contribution in [2.24, 2.45) is 0 Å². The third-order valence-corrected chi connectivity index (χ3v) is 4.76. The molecule has 7 heteroatoms. The molecule has 26 heavy (non-hydrogen) atoms. The molecule has 0 unspecified atom stereocenters. The van der Waals surface area contributed by atoms with Crippen LogP contribution in [0.5, 0.6) is 0 Å². The number of nitrogens with zero attached hydrogens (tertiary/aromatic N) is 5. The van der Waals surface area contributed by atoms with Crippen LogP contribution in [0.4, 0.5) is 0 Å². The van der Waals surface area contributed by atoms with Crippen molar-refractivity contribution in [3.05, 3.63) is 53.7 Å². The number of aliphatic hydroxyl groups is 1. The maximum atomic E-state index is 9.74. The lowest BCUT2D eigenvalue weighted by molar-refractivity contribution is 0.278. The average Bonchev–Trinajstić information content (AvgIpc) is 3.33. The Morgan fingerprint density at radius 3 is 2.88 bits per heavy atom. The summed E-state index contributed by atoms with van der Waals surface area (Å²) in [6.07, 6.45) is 3.97. The molecule has 0 aliphatic heterocycles. The minimum Gasteiger partial charge on any atom is -0.391 e. The van der Waals surface area contributed by atoms with Crippen molar-refractivity contribution < 1.29 is 9.63 Å². The van der Waals surface area contributed by atoms with Crippen molar-refractivity contribution in [1.82, 2.24) is 24.9 Å². The SMILES string of the molecule is Cc1onc(-c2nc(C3CC3)nn2-c2cccc3cccnc23)c1CO. The van der Waals surface area contributed by atoms with Gasteiger partial charge in [0.15, 0.2) is 17.3 Å². The minimum absolute atomic E-state index is 0.163. The van der Waals surface area contributed by atoms with Gasteiger partial charge in [0, 0.05) is 17.5 Å². The summed E-state index contributed by atoms with van der Waals surface area (Å²) in [5.41, 5.74) is 2.84. The number of para-hydroxylation sites is 1. The Balaban J connectivity index is 1.78. The van der Waals surface area contributed by atoms with Gasteiger partial charge in [0.05, 0.1) is 23.4 Å². The van der Waals surface area contributed by atoms with E-state index in [4.69, 9.17) is 14.6 Å². The monoisotopic (exact) mass is 347 g/mol. The van der Waals surface area contributed by atoms with Crippen LogP contribution in [0.1, 0.15) is 35.9 Å². The lowest BCUT2D eigenvalue weighted by atomic mass is 10.1. The maximum Gasteiger partial charge on any atom is 0.185 e. The van der Waals surface area contributed by atoms with Gasteiger partial charge in [0.2, 0.25) is 0 Å².